The molecule has 0 spiro atoms. The molecule has 1 N–H and O–H groups in total. The highest BCUT2D eigenvalue weighted by Crippen LogP contribution is 2.53. The molecule has 12 heavy (non-hydrogen) atoms. The van der Waals surface area contributed by atoms with Crippen LogP contribution in [0.3, 0.4) is 0 Å². The first-order valence-electron chi connectivity index (χ1n) is 4.07. The van der Waals surface area contributed by atoms with Gasteiger partial charge in [-0.15, -0.1) is 0 Å². The van der Waals surface area contributed by atoms with Gasteiger partial charge in [0.15, 0.2) is 0 Å². The van der Waals surface area contributed by atoms with Gasteiger partial charge < -0.3 is 5.11 Å². The molecule has 0 bridgehead atoms. The van der Waals surface area contributed by atoms with E-state index in [2.05, 4.69) is 0 Å². The third kappa shape index (κ3) is 1.01. The van der Waals surface area contributed by atoms with E-state index in [4.69, 9.17) is 5.11 Å². The molecule has 1 aliphatic rings. The summed E-state index contributed by atoms with van der Waals surface area (Å²) in [6.07, 6.45) is 0.438. The number of alkyl halides is 2. The zero-order valence-corrected chi connectivity index (χ0v) is 6.94. The van der Waals surface area contributed by atoms with Crippen molar-refractivity contribution in [3.8, 4) is 0 Å². The van der Waals surface area contributed by atoms with Crippen LogP contribution in [0.4, 0.5) is 8.78 Å². The Hall–Kier alpha value is -0.670. The molecule has 0 atom stereocenters. The number of hydrogen-bond donors (Lipinski definition) is 1. The Kier molecular flexibility index (Phi) is 2.10. The van der Waals surface area contributed by atoms with Gasteiger partial charge in [0.25, 0.3) is 5.92 Å². The van der Waals surface area contributed by atoms with E-state index in [0.29, 0.717) is 6.42 Å². The van der Waals surface area contributed by atoms with E-state index in [1.807, 2.05) is 0 Å². The van der Waals surface area contributed by atoms with Crippen molar-refractivity contribution in [3.63, 3.8) is 0 Å². The molecule has 70 valence electrons. The van der Waals surface area contributed by atoms with E-state index in [1.54, 1.807) is 0 Å². The largest absolute Gasteiger partial charge is 0.481 e. The molecule has 1 fully saturated rings. The lowest BCUT2D eigenvalue weighted by Gasteiger charge is -2.43. The maximum atomic E-state index is 13.1. The molecule has 4 heteroatoms. The van der Waals surface area contributed by atoms with E-state index in [1.165, 1.54) is 6.92 Å². The standard InChI is InChI=1S/C8H12F2O2/c1-2-8(9,10)7(6(11)12)4-3-5-7/h2-5H2,1H3,(H,11,12). The Bertz CT molecular complexity index is 197. The molecule has 1 saturated carbocycles. The van der Waals surface area contributed by atoms with Crippen LogP contribution in [0.5, 0.6) is 0 Å². The SMILES string of the molecule is CCC(F)(F)C1(C(=O)O)CCC1. The van der Waals surface area contributed by atoms with Gasteiger partial charge in [0, 0.05) is 6.42 Å². The molecule has 1 rings (SSSR count). The Morgan fingerprint density at radius 1 is 1.58 bits per heavy atom. The van der Waals surface area contributed by atoms with Crippen molar-refractivity contribution in [1.29, 1.82) is 0 Å². The molecule has 0 aliphatic heterocycles. The van der Waals surface area contributed by atoms with Gasteiger partial charge in [-0.25, -0.2) is 8.78 Å². The molecule has 2 nitrogen and oxygen atoms in total. The first-order chi connectivity index (χ1) is 5.46. The number of carbonyl (C=O) groups is 1. The smallest absolute Gasteiger partial charge is 0.315 e. The van der Waals surface area contributed by atoms with Crippen LogP contribution in [0.15, 0.2) is 0 Å². The summed E-state index contributed by atoms with van der Waals surface area (Å²) < 4.78 is 26.2. The second-order valence-electron chi connectivity index (χ2n) is 3.30. The Morgan fingerprint density at radius 3 is 2.17 bits per heavy atom. The molecule has 1 aliphatic carbocycles. The van der Waals surface area contributed by atoms with Crippen molar-refractivity contribution < 1.29 is 18.7 Å². The van der Waals surface area contributed by atoms with Gasteiger partial charge in [-0.2, -0.15) is 0 Å². The van der Waals surface area contributed by atoms with Crippen LogP contribution in [0.2, 0.25) is 0 Å². The first kappa shape index (κ1) is 9.42. The average molecular weight is 178 g/mol. The van der Waals surface area contributed by atoms with Crippen LogP contribution in [0, 0.1) is 5.41 Å². The maximum Gasteiger partial charge on any atom is 0.315 e. The summed E-state index contributed by atoms with van der Waals surface area (Å²) in [5, 5.41) is 8.67. The molecular formula is C8H12F2O2. The van der Waals surface area contributed by atoms with Crippen LogP contribution in [0.25, 0.3) is 0 Å². The van der Waals surface area contributed by atoms with Crippen molar-refractivity contribution in [1.82, 2.24) is 0 Å². The molecule has 0 heterocycles. The predicted octanol–water partition coefficient (Wildman–Crippen LogP) is 2.29. The van der Waals surface area contributed by atoms with Gasteiger partial charge >= 0.3 is 5.97 Å². The van der Waals surface area contributed by atoms with Gasteiger partial charge in [0.05, 0.1) is 0 Å². The fourth-order valence-electron chi connectivity index (χ4n) is 1.60. The van der Waals surface area contributed by atoms with Crippen molar-refractivity contribution in [2.45, 2.75) is 38.5 Å². The molecule has 0 radical (unpaired) electrons. The van der Waals surface area contributed by atoms with E-state index in [-0.39, 0.29) is 19.3 Å². The molecule has 0 aromatic rings. The third-order valence-electron chi connectivity index (χ3n) is 2.76. The second kappa shape index (κ2) is 2.68. The Balaban J connectivity index is 2.87. The van der Waals surface area contributed by atoms with Crippen LogP contribution in [-0.2, 0) is 4.79 Å². The van der Waals surface area contributed by atoms with E-state index in [9.17, 15) is 13.6 Å². The lowest BCUT2D eigenvalue weighted by Crippen LogP contribution is -2.52. The lowest BCUT2D eigenvalue weighted by molar-refractivity contribution is -0.197. The highest BCUT2D eigenvalue weighted by Gasteiger charge is 2.61. The van der Waals surface area contributed by atoms with Crippen LogP contribution in [0.1, 0.15) is 32.6 Å². The number of carboxylic acid groups (broad SMARTS) is 1. The fraction of sp³-hybridized carbons (Fsp3) is 0.875. The number of hydrogen-bond acceptors (Lipinski definition) is 1. The summed E-state index contributed by atoms with van der Waals surface area (Å²) in [7, 11) is 0. The summed E-state index contributed by atoms with van der Waals surface area (Å²) >= 11 is 0. The van der Waals surface area contributed by atoms with E-state index < -0.39 is 17.3 Å². The summed E-state index contributed by atoms with van der Waals surface area (Å²) in [6.45, 7) is 1.32. The normalized spacial score (nSPS) is 21.6. The lowest BCUT2D eigenvalue weighted by atomic mass is 9.64. The van der Waals surface area contributed by atoms with Gasteiger partial charge in [-0.1, -0.05) is 13.3 Å². The minimum atomic E-state index is -3.04. The predicted molar refractivity (Wildman–Crippen MR) is 39.2 cm³/mol. The van der Waals surface area contributed by atoms with E-state index in [0.717, 1.165) is 0 Å². The number of aliphatic carboxylic acids is 1. The zero-order chi connectivity index (χ0) is 9.41. The van der Waals surface area contributed by atoms with E-state index >= 15 is 0 Å². The third-order valence-corrected chi connectivity index (χ3v) is 2.76. The summed E-state index contributed by atoms with van der Waals surface area (Å²) in [5.74, 6) is -4.39. The number of carboxylic acids is 1. The first-order valence-corrected chi connectivity index (χ1v) is 4.07. The molecule has 0 aromatic carbocycles. The average Bonchev–Trinajstić information content (AvgIpc) is 1.83. The minimum Gasteiger partial charge on any atom is -0.481 e. The summed E-state index contributed by atoms with van der Waals surface area (Å²) in [4.78, 5) is 10.6. The number of halogens is 2. The van der Waals surface area contributed by atoms with Crippen LogP contribution in [-0.4, -0.2) is 17.0 Å². The topological polar surface area (TPSA) is 37.3 Å². The van der Waals surface area contributed by atoms with Crippen molar-refractivity contribution in [2.24, 2.45) is 5.41 Å². The van der Waals surface area contributed by atoms with Crippen molar-refractivity contribution in [3.05, 3.63) is 0 Å². The summed E-state index contributed by atoms with van der Waals surface area (Å²) in [5.41, 5.74) is -1.75. The maximum absolute atomic E-state index is 13.1. The van der Waals surface area contributed by atoms with Crippen LogP contribution < -0.4 is 0 Å². The van der Waals surface area contributed by atoms with Gasteiger partial charge in [-0.3, -0.25) is 4.79 Å². The van der Waals surface area contributed by atoms with Gasteiger partial charge in [0.1, 0.15) is 5.41 Å². The van der Waals surface area contributed by atoms with Crippen molar-refractivity contribution in [2.75, 3.05) is 0 Å². The summed E-state index contributed by atoms with van der Waals surface area (Å²) in [6, 6.07) is 0. The molecule has 0 amide bonds. The number of rotatable bonds is 3. The quantitative estimate of drug-likeness (QED) is 0.719. The minimum absolute atomic E-state index is 0.114. The molecule has 0 unspecified atom stereocenters. The van der Waals surface area contributed by atoms with Gasteiger partial charge in [-0.05, 0) is 12.8 Å². The zero-order valence-electron chi connectivity index (χ0n) is 6.94. The van der Waals surface area contributed by atoms with Crippen LogP contribution >= 0.6 is 0 Å². The molecular weight excluding hydrogens is 166 g/mol. The second-order valence-corrected chi connectivity index (χ2v) is 3.30. The Labute approximate surface area is 69.6 Å². The molecule has 0 saturated heterocycles. The highest BCUT2D eigenvalue weighted by molar-refractivity contribution is 5.77. The van der Waals surface area contributed by atoms with Gasteiger partial charge in [0.2, 0.25) is 0 Å². The highest BCUT2D eigenvalue weighted by atomic mass is 19.3. The Morgan fingerprint density at radius 2 is 2.08 bits per heavy atom. The monoisotopic (exact) mass is 178 g/mol. The van der Waals surface area contributed by atoms with Crippen molar-refractivity contribution >= 4 is 5.97 Å². The molecule has 0 aromatic heterocycles. The fourth-order valence-corrected chi connectivity index (χ4v) is 1.60.